The van der Waals surface area contributed by atoms with Gasteiger partial charge in [-0.3, -0.25) is 4.90 Å². The number of amides is 1. The van der Waals surface area contributed by atoms with Gasteiger partial charge in [0.1, 0.15) is 5.60 Å². The van der Waals surface area contributed by atoms with E-state index in [1.807, 2.05) is 18.4 Å². The van der Waals surface area contributed by atoms with Crippen LogP contribution in [0.2, 0.25) is 0 Å². The lowest BCUT2D eigenvalue weighted by Gasteiger charge is -2.28. The van der Waals surface area contributed by atoms with Crippen molar-refractivity contribution in [3.05, 3.63) is 21.9 Å². The number of rotatable bonds is 3. The fourth-order valence-corrected chi connectivity index (χ4v) is 2.62. The molecule has 19 heavy (non-hydrogen) atoms. The average molecular weight is 285 g/mol. The fourth-order valence-electron chi connectivity index (χ4n) is 1.56. The molecule has 1 heterocycles. The summed E-state index contributed by atoms with van der Waals surface area (Å²) in [6.07, 6.45) is -0.646. The molecule has 1 aromatic rings. The highest BCUT2D eigenvalue weighted by Crippen LogP contribution is 2.29. The molecule has 0 radical (unpaired) electrons. The fraction of sp³-hybridized carbons (Fsp3) is 0.538. The number of carbonyl (C=O) groups is 2. The average Bonchev–Trinajstić information content (AvgIpc) is 2.62. The van der Waals surface area contributed by atoms with Gasteiger partial charge in [-0.25, -0.2) is 9.59 Å². The number of carboxylic acids is 1. The Kier molecular flexibility index (Phi) is 4.57. The van der Waals surface area contributed by atoms with Gasteiger partial charge in [-0.1, -0.05) is 0 Å². The summed E-state index contributed by atoms with van der Waals surface area (Å²) in [7, 11) is 1.44. The van der Waals surface area contributed by atoms with Gasteiger partial charge in [0.25, 0.3) is 0 Å². The van der Waals surface area contributed by atoms with Crippen molar-refractivity contribution < 1.29 is 19.4 Å². The molecule has 0 aliphatic carbocycles. The summed E-state index contributed by atoms with van der Waals surface area (Å²) < 4.78 is 5.20. The maximum Gasteiger partial charge on any atom is 0.411 e. The largest absolute Gasteiger partial charge is 0.479 e. The number of ether oxygens (including phenoxy) is 1. The Balaban J connectivity index is 2.98. The van der Waals surface area contributed by atoms with E-state index in [4.69, 9.17) is 4.74 Å². The predicted octanol–water partition coefficient (Wildman–Crippen LogP) is 3.05. The van der Waals surface area contributed by atoms with Crippen LogP contribution in [0.4, 0.5) is 4.79 Å². The summed E-state index contributed by atoms with van der Waals surface area (Å²) >= 11 is 1.32. The number of hydrogen-bond acceptors (Lipinski definition) is 4. The van der Waals surface area contributed by atoms with Crippen molar-refractivity contribution in [3.8, 4) is 0 Å². The van der Waals surface area contributed by atoms with Gasteiger partial charge >= 0.3 is 12.1 Å². The molecule has 1 amide bonds. The molecule has 1 N–H and O–H groups in total. The van der Waals surface area contributed by atoms with E-state index in [-0.39, 0.29) is 0 Å². The van der Waals surface area contributed by atoms with Crippen molar-refractivity contribution in [1.82, 2.24) is 4.90 Å². The van der Waals surface area contributed by atoms with Crippen molar-refractivity contribution in [2.45, 2.75) is 39.3 Å². The first-order valence-electron chi connectivity index (χ1n) is 5.86. The van der Waals surface area contributed by atoms with Gasteiger partial charge in [0.15, 0.2) is 6.04 Å². The minimum atomic E-state index is -1.07. The highest BCUT2D eigenvalue weighted by molar-refractivity contribution is 7.10. The molecule has 0 saturated heterocycles. The molecule has 106 valence electrons. The van der Waals surface area contributed by atoms with Crippen LogP contribution in [0.1, 0.15) is 37.3 Å². The van der Waals surface area contributed by atoms with Crippen molar-refractivity contribution in [2.75, 3.05) is 7.05 Å². The third-order valence-electron chi connectivity index (χ3n) is 2.45. The Bertz CT molecular complexity index is 475. The zero-order valence-corrected chi connectivity index (χ0v) is 12.6. The van der Waals surface area contributed by atoms with E-state index in [1.165, 1.54) is 18.4 Å². The summed E-state index contributed by atoms with van der Waals surface area (Å²) in [5.41, 5.74) is 0.201. The second-order valence-corrected chi connectivity index (χ2v) is 6.25. The van der Waals surface area contributed by atoms with Crippen LogP contribution in [0.5, 0.6) is 0 Å². The Hall–Kier alpha value is -1.56. The van der Waals surface area contributed by atoms with Crippen LogP contribution in [0, 0.1) is 6.92 Å². The lowest BCUT2D eigenvalue weighted by molar-refractivity contribution is -0.142. The van der Waals surface area contributed by atoms with Crippen molar-refractivity contribution in [3.63, 3.8) is 0 Å². The van der Waals surface area contributed by atoms with Crippen LogP contribution < -0.4 is 0 Å². The van der Waals surface area contributed by atoms with E-state index in [9.17, 15) is 14.7 Å². The minimum absolute atomic E-state index is 0.640. The molecule has 0 aliphatic rings. The number of nitrogens with zero attached hydrogens (tertiary/aromatic N) is 1. The molecule has 5 nitrogen and oxygen atoms in total. The summed E-state index contributed by atoms with van der Waals surface area (Å²) in [4.78, 5) is 25.1. The van der Waals surface area contributed by atoms with Crippen LogP contribution in [-0.4, -0.2) is 34.7 Å². The third kappa shape index (κ3) is 3.96. The lowest BCUT2D eigenvalue weighted by atomic mass is 10.1. The molecule has 0 saturated carbocycles. The first kappa shape index (κ1) is 15.5. The highest BCUT2D eigenvalue weighted by atomic mass is 32.1. The number of carbonyl (C=O) groups excluding carboxylic acids is 1. The van der Waals surface area contributed by atoms with Gasteiger partial charge in [-0.05, 0) is 44.7 Å². The van der Waals surface area contributed by atoms with Gasteiger partial charge in [0.05, 0.1) is 0 Å². The van der Waals surface area contributed by atoms with Gasteiger partial charge in [-0.15, -0.1) is 11.3 Å². The van der Waals surface area contributed by atoms with Crippen molar-refractivity contribution in [2.24, 2.45) is 0 Å². The standard InChI is InChI=1S/C13H19NO4S/c1-8-6-7-19-10(8)9(11(15)16)14(5)12(17)18-13(2,3)4/h6-7,9H,1-5H3,(H,15,16). The summed E-state index contributed by atoms with van der Waals surface area (Å²) in [5.74, 6) is -1.07. The third-order valence-corrected chi connectivity index (χ3v) is 3.52. The van der Waals surface area contributed by atoms with Crippen LogP contribution in [-0.2, 0) is 9.53 Å². The summed E-state index contributed by atoms with van der Waals surface area (Å²) in [6, 6.07) is 0.814. The summed E-state index contributed by atoms with van der Waals surface area (Å²) in [5, 5.41) is 11.2. The smallest absolute Gasteiger partial charge is 0.411 e. The lowest BCUT2D eigenvalue weighted by Crippen LogP contribution is -2.39. The molecule has 6 heteroatoms. The molecule has 1 unspecified atom stereocenters. The molecular formula is C13H19NO4S. The van der Waals surface area contributed by atoms with Gasteiger partial charge in [0, 0.05) is 11.9 Å². The quantitative estimate of drug-likeness (QED) is 0.927. The number of thiophene rings is 1. The van der Waals surface area contributed by atoms with Crippen LogP contribution in [0.3, 0.4) is 0 Å². The molecule has 0 aromatic carbocycles. The molecule has 0 spiro atoms. The Labute approximate surface area is 116 Å². The van der Waals surface area contributed by atoms with E-state index >= 15 is 0 Å². The molecule has 1 rings (SSSR count). The van der Waals surface area contributed by atoms with E-state index in [1.54, 1.807) is 20.8 Å². The monoisotopic (exact) mass is 285 g/mol. The first-order valence-corrected chi connectivity index (χ1v) is 6.74. The van der Waals surface area contributed by atoms with Gasteiger partial charge in [-0.2, -0.15) is 0 Å². The maximum absolute atomic E-state index is 12.0. The number of likely N-dealkylation sites (N-methyl/N-ethyl adjacent to an activating group) is 1. The zero-order valence-electron chi connectivity index (χ0n) is 11.8. The number of hydrogen-bond donors (Lipinski definition) is 1. The van der Waals surface area contributed by atoms with E-state index in [0.717, 1.165) is 10.5 Å². The summed E-state index contributed by atoms with van der Waals surface area (Å²) in [6.45, 7) is 7.05. The van der Waals surface area contributed by atoms with Gasteiger partial charge < -0.3 is 9.84 Å². The molecule has 1 atom stereocenters. The second-order valence-electron chi connectivity index (χ2n) is 5.30. The predicted molar refractivity (Wildman–Crippen MR) is 73.4 cm³/mol. The van der Waals surface area contributed by atoms with Gasteiger partial charge in [0.2, 0.25) is 0 Å². The molecule has 0 bridgehead atoms. The minimum Gasteiger partial charge on any atom is -0.479 e. The molecular weight excluding hydrogens is 266 g/mol. The topological polar surface area (TPSA) is 66.8 Å². The normalized spacial score (nSPS) is 12.9. The van der Waals surface area contributed by atoms with Crippen molar-refractivity contribution in [1.29, 1.82) is 0 Å². The maximum atomic E-state index is 12.0. The second kappa shape index (κ2) is 5.61. The van der Waals surface area contributed by atoms with E-state index < -0.39 is 23.7 Å². The molecule has 1 aromatic heterocycles. The van der Waals surface area contributed by atoms with Crippen LogP contribution in [0.25, 0.3) is 0 Å². The Morgan fingerprint density at radius 1 is 1.42 bits per heavy atom. The SMILES string of the molecule is Cc1ccsc1C(C(=O)O)N(C)C(=O)OC(C)(C)C. The number of carboxylic acid groups (broad SMARTS) is 1. The van der Waals surface area contributed by atoms with E-state index in [0.29, 0.717) is 4.88 Å². The highest BCUT2D eigenvalue weighted by Gasteiger charge is 2.33. The zero-order chi connectivity index (χ0) is 14.8. The van der Waals surface area contributed by atoms with E-state index in [2.05, 4.69) is 0 Å². The first-order chi connectivity index (χ1) is 8.63. The molecule has 0 fully saturated rings. The molecule has 0 aliphatic heterocycles. The van der Waals surface area contributed by atoms with Crippen LogP contribution in [0.15, 0.2) is 11.4 Å². The van der Waals surface area contributed by atoms with Crippen LogP contribution >= 0.6 is 11.3 Å². The number of aryl methyl sites for hydroxylation is 1. The Morgan fingerprint density at radius 3 is 2.37 bits per heavy atom. The number of aliphatic carboxylic acids is 1. The van der Waals surface area contributed by atoms with Crippen molar-refractivity contribution >= 4 is 23.4 Å². The Morgan fingerprint density at radius 2 is 2.00 bits per heavy atom.